The minimum absolute atomic E-state index is 0. The molecule has 164 valence electrons. The van der Waals surface area contributed by atoms with Crippen LogP contribution in [0.15, 0.2) is 30.3 Å². The molecule has 0 spiro atoms. The summed E-state index contributed by atoms with van der Waals surface area (Å²) in [6.45, 7) is 0. The Morgan fingerprint density at radius 2 is 1.80 bits per heavy atom. The van der Waals surface area contributed by atoms with Crippen LogP contribution >= 0.6 is 35.6 Å². The van der Waals surface area contributed by atoms with Crippen molar-refractivity contribution in [1.29, 1.82) is 0 Å². The highest BCUT2D eigenvalue weighted by Crippen LogP contribution is 2.44. The zero-order valence-corrected chi connectivity index (χ0v) is 19.8. The Balaban J connectivity index is 0.00000320. The smallest absolute Gasteiger partial charge is 0.340 e. The second-order valence-electron chi connectivity index (χ2n) is 7.04. The monoisotopic (exact) mass is 492 g/mol. The molecule has 0 amide bonds. The van der Waals surface area contributed by atoms with Gasteiger partial charge in [-0.3, -0.25) is 4.72 Å². The van der Waals surface area contributed by atoms with Crippen molar-refractivity contribution in [3.63, 3.8) is 0 Å². The Bertz CT molecular complexity index is 1060. The number of fused-ring (bicyclic) bond motifs is 1. The van der Waals surface area contributed by atoms with Crippen LogP contribution in [-0.4, -0.2) is 34.8 Å². The largest absolute Gasteiger partial charge is 0.465 e. The van der Waals surface area contributed by atoms with E-state index in [-0.39, 0.29) is 35.6 Å². The molecule has 3 rings (SSSR count). The fraction of sp³-hybridized carbons (Fsp3) is 0.350. The van der Waals surface area contributed by atoms with Gasteiger partial charge >= 0.3 is 5.97 Å². The standard InChI is InChI=1S/C20H22Cl2N2O4S.ClH/c1-23-18-7-5-12(11-4-6-16(21)17(22)8-11)13-9-15(20(25)28-2)19(10-14(13)18)24-29(3,26)27;/h4,6,8-10,12,18,23-24H,5,7H2,1-3H3;1H/t12-,18-;/m0./s1. The van der Waals surface area contributed by atoms with Crippen LogP contribution in [0, 0.1) is 0 Å². The molecule has 2 atom stereocenters. The van der Waals surface area contributed by atoms with Crippen molar-refractivity contribution in [2.45, 2.75) is 24.8 Å². The lowest BCUT2D eigenvalue weighted by atomic mass is 9.76. The van der Waals surface area contributed by atoms with Crippen LogP contribution in [0.25, 0.3) is 0 Å². The molecule has 2 aromatic rings. The minimum atomic E-state index is -3.58. The Hall–Kier alpha value is -1.51. The molecule has 0 heterocycles. The summed E-state index contributed by atoms with van der Waals surface area (Å²) >= 11 is 12.3. The summed E-state index contributed by atoms with van der Waals surface area (Å²) in [5.41, 5.74) is 3.20. The van der Waals surface area contributed by atoms with E-state index in [0.29, 0.717) is 10.0 Å². The maximum absolute atomic E-state index is 12.4. The maximum Gasteiger partial charge on any atom is 0.340 e. The number of halogens is 3. The number of esters is 1. The van der Waals surface area contributed by atoms with Crippen molar-refractivity contribution >= 4 is 57.3 Å². The fourth-order valence-corrected chi connectivity index (χ4v) is 4.69. The Morgan fingerprint density at radius 3 is 2.37 bits per heavy atom. The first-order valence-electron chi connectivity index (χ1n) is 9.00. The van der Waals surface area contributed by atoms with Crippen LogP contribution in [0.3, 0.4) is 0 Å². The molecule has 0 fully saturated rings. The Morgan fingerprint density at radius 1 is 1.10 bits per heavy atom. The van der Waals surface area contributed by atoms with E-state index in [1.165, 1.54) is 7.11 Å². The van der Waals surface area contributed by atoms with Crippen LogP contribution in [0.4, 0.5) is 5.69 Å². The fourth-order valence-electron chi connectivity index (χ4n) is 3.82. The van der Waals surface area contributed by atoms with E-state index < -0.39 is 16.0 Å². The predicted octanol–water partition coefficient (Wildman–Crippen LogP) is 4.76. The molecule has 0 radical (unpaired) electrons. The number of rotatable bonds is 5. The molecule has 0 aromatic heterocycles. The van der Waals surface area contributed by atoms with E-state index in [4.69, 9.17) is 27.9 Å². The number of hydrogen-bond acceptors (Lipinski definition) is 5. The first kappa shape index (κ1) is 24.8. The van der Waals surface area contributed by atoms with Crippen molar-refractivity contribution in [1.82, 2.24) is 5.32 Å². The van der Waals surface area contributed by atoms with Crippen LogP contribution in [0.2, 0.25) is 10.0 Å². The molecule has 2 N–H and O–H groups in total. The number of anilines is 1. The molecular formula is C20H23Cl3N2O4S. The van der Waals surface area contributed by atoms with Crippen LogP contribution < -0.4 is 10.0 Å². The van der Waals surface area contributed by atoms with E-state index >= 15 is 0 Å². The first-order chi connectivity index (χ1) is 13.6. The number of carbonyl (C=O) groups excluding carboxylic acids is 1. The van der Waals surface area contributed by atoms with E-state index in [2.05, 4.69) is 10.0 Å². The molecule has 30 heavy (non-hydrogen) atoms. The van der Waals surface area contributed by atoms with Gasteiger partial charge < -0.3 is 10.1 Å². The first-order valence-corrected chi connectivity index (χ1v) is 11.7. The summed E-state index contributed by atoms with van der Waals surface area (Å²) in [6.07, 6.45) is 2.71. The van der Waals surface area contributed by atoms with Gasteiger partial charge in [-0.2, -0.15) is 0 Å². The van der Waals surface area contributed by atoms with Gasteiger partial charge in [0, 0.05) is 12.0 Å². The number of sulfonamides is 1. The summed E-state index contributed by atoms with van der Waals surface area (Å²) in [5.74, 6) is -0.626. The van der Waals surface area contributed by atoms with Gasteiger partial charge in [0.05, 0.1) is 34.7 Å². The minimum Gasteiger partial charge on any atom is -0.465 e. The van der Waals surface area contributed by atoms with Gasteiger partial charge in [-0.1, -0.05) is 29.3 Å². The quantitative estimate of drug-likeness (QED) is 0.587. The zero-order chi connectivity index (χ0) is 21.3. The molecule has 0 saturated carbocycles. The van der Waals surface area contributed by atoms with Crippen molar-refractivity contribution in [2.24, 2.45) is 0 Å². The van der Waals surface area contributed by atoms with Gasteiger partial charge in [-0.05, 0) is 60.8 Å². The summed E-state index contributed by atoms with van der Waals surface area (Å²) < 4.78 is 31.0. The lowest BCUT2D eigenvalue weighted by Crippen LogP contribution is -2.26. The normalized spacial score (nSPS) is 18.2. The Labute approximate surface area is 192 Å². The molecule has 0 saturated heterocycles. The number of carbonyl (C=O) groups is 1. The number of methoxy groups -OCH3 is 1. The number of nitrogens with one attached hydrogen (secondary N) is 2. The van der Waals surface area contributed by atoms with Gasteiger partial charge in [0.15, 0.2) is 0 Å². The van der Waals surface area contributed by atoms with Gasteiger partial charge in [0.2, 0.25) is 10.0 Å². The van der Waals surface area contributed by atoms with Gasteiger partial charge in [-0.25, -0.2) is 13.2 Å². The lowest BCUT2D eigenvalue weighted by Gasteiger charge is -2.33. The summed E-state index contributed by atoms with van der Waals surface area (Å²) in [6, 6.07) is 8.96. The molecule has 2 aromatic carbocycles. The third-order valence-corrected chi connectivity index (χ3v) is 6.44. The zero-order valence-electron chi connectivity index (χ0n) is 16.7. The maximum atomic E-state index is 12.4. The van der Waals surface area contributed by atoms with Crippen LogP contribution in [0.1, 0.15) is 51.8 Å². The highest BCUT2D eigenvalue weighted by Gasteiger charge is 2.31. The van der Waals surface area contributed by atoms with Gasteiger partial charge in [0.1, 0.15) is 0 Å². The molecule has 1 aliphatic carbocycles. The summed E-state index contributed by atoms with van der Waals surface area (Å²) in [5, 5.41) is 4.20. The SMILES string of the molecule is CN[C@H]1CC[C@@H](c2ccc(Cl)c(Cl)c2)c2cc(C(=O)OC)c(NS(C)(=O)=O)cc21.Cl. The average Bonchev–Trinajstić information content (AvgIpc) is 2.67. The molecular weight excluding hydrogens is 471 g/mol. The molecule has 0 aliphatic heterocycles. The second-order valence-corrected chi connectivity index (χ2v) is 9.60. The lowest BCUT2D eigenvalue weighted by molar-refractivity contribution is 0.0601. The molecule has 1 aliphatic rings. The van der Waals surface area contributed by atoms with E-state index in [1.54, 1.807) is 18.2 Å². The van der Waals surface area contributed by atoms with Crippen molar-refractivity contribution in [2.75, 3.05) is 25.1 Å². The molecule has 0 bridgehead atoms. The van der Waals surface area contributed by atoms with Crippen LogP contribution in [0.5, 0.6) is 0 Å². The second kappa shape index (κ2) is 9.75. The van der Waals surface area contributed by atoms with Crippen molar-refractivity contribution in [3.8, 4) is 0 Å². The van der Waals surface area contributed by atoms with E-state index in [1.807, 2.05) is 19.2 Å². The molecule has 6 nitrogen and oxygen atoms in total. The summed E-state index contributed by atoms with van der Waals surface area (Å²) in [7, 11) is -0.463. The predicted molar refractivity (Wildman–Crippen MR) is 123 cm³/mol. The number of hydrogen-bond donors (Lipinski definition) is 2. The van der Waals surface area contributed by atoms with Gasteiger partial charge in [0.25, 0.3) is 0 Å². The topological polar surface area (TPSA) is 84.5 Å². The average molecular weight is 494 g/mol. The molecule has 10 heteroatoms. The van der Waals surface area contributed by atoms with Gasteiger partial charge in [-0.15, -0.1) is 12.4 Å². The van der Waals surface area contributed by atoms with Crippen molar-refractivity contribution < 1.29 is 17.9 Å². The van der Waals surface area contributed by atoms with E-state index in [9.17, 15) is 13.2 Å². The summed E-state index contributed by atoms with van der Waals surface area (Å²) in [4.78, 5) is 12.4. The van der Waals surface area contributed by atoms with Crippen LogP contribution in [-0.2, 0) is 14.8 Å². The number of benzene rings is 2. The third kappa shape index (κ3) is 5.21. The Kier molecular flexibility index (Phi) is 8.04. The third-order valence-electron chi connectivity index (χ3n) is 5.11. The number of ether oxygens (including phenoxy) is 1. The highest BCUT2D eigenvalue weighted by atomic mass is 35.5. The van der Waals surface area contributed by atoms with Crippen molar-refractivity contribution in [3.05, 3.63) is 62.6 Å². The molecule has 0 unspecified atom stereocenters. The highest BCUT2D eigenvalue weighted by molar-refractivity contribution is 7.92. The van der Waals surface area contributed by atoms with E-state index in [0.717, 1.165) is 35.8 Å².